The van der Waals surface area contributed by atoms with E-state index < -0.39 is 10.0 Å². The Morgan fingerprint density at radius 1 is 1.19 bits per heavy atom. The molecular formula is C30H37N7O4S. The van der Waals surface area contributed by atoms with Crippen LogP contribution in [0.5, 0.6) is 5.75 Å². The summed E-state index contributed by atoms with van der Waals surface area (Å²) < 4.78 is 34.5. The summed E-state index contributed by atoms with van der Waals surface area (Å²) in [6.45, 7) is 6.25. The fourth-order valence-corrected chi connectivity index (χ4v) is 5.98. The van der Waals surface area contributed by atoms with Gasteiger partial charge in [-0.05, 0) is 79.8 Å². The summed E-state index contributed by atoms with van der Waals surface area (Å²) >= 11 is 0. The van der Waals surface area contributed by atoms with Crippen LogP contribution in [-0.4, -0.2) is 37.5 Å². The van der Waals surface area contributed by atoms with Gasteiger partial charge >= 0.3 is 0 Å². The number of hydrogen-bond acceptors (Lipinski definition) is 8. The van der Waals surface area contributed by atoms with Gasteiger partial charge in [0.25, 0.3) is 5.91 Å². The van der Waals surface area contributed by atoms with Gasteiger partial charge in [-0.2, -0.15) is 5.10 Å². The molecule has 1 aliphatic heterocycles. The molecule has 6 rings (SSSR count). The number of aryl methyl sites for hydroxylation is 1. The molecule has 2 fully saturated rings. The first-order valence-electron chi connectivity index (χ1n) is 14.2. The molecule has 12 heteroatoms. The lowest BCUT2D eigenvalue weighted by molar-refractivity contribution is 0.102. The minimum atomic E-state index is -3.57. The summed E-state index contributed by atoms with van der Waals surface area (Å²) in [5, 5.41) is 9.47. The number of hydrogen-bond donors (Lipinski definition) is 4. The zero-order chi connectivity index (χ0) is 29.8. The average Bonchev–Trinajstić information content (AvgIpc) is 3.83. The van der Waals surface area contributed by atoms with E-state index >= 15 is 0 Å². The number of carbonyl (C=O) groups excluding carboxylic acids is 1. The summed E-state index contributed by atoms with van der Waals surface area (Å²) in [6.07, 6.45) is 10.2. The molecule has 0 radical (unpaired) electrons. The predicted octanol–water partition coefficient (Wildman–Crippen LogP) is 4.60. The molecule has 2 aliphatic carbocycles. The van der Waals surface area contributed by atoms with Crippen molar-refractivity contribution in [3.05, 3.63) is 70.7 Å². The van der Waals surface area contributed by atoms with Gasteiger partial charge in [0.1, 0.15) is 0 Å². The van der Waals surface area contributed by atoms with Gasteiger partial charge < -0.3 is 15.5 Å². The van der Waals surface area contributed by atoms with Crippen molar-refractivity contribution in [1.82, 2.24) is 20.7 Å². The van der Waals surface area contributed by atoms with E-state index in [1.807, 2.05) is 42.5 Å². The van der Waals surface area contributed by atoms with Crippen molar-refractivity contribution < 1.29 is 17.9 Å². The van der Waals surface area contributed by atoms with E-state index in [0.29, 0.717) is 23.0 Å². The van der Waals surface area contributed by atoms with Crippen molar-refractivity contribution in [2.75, 3.05) is 28.4 Å². The van der Waals surface area contributed by atoms with Gasteiger partial charge in [0, 0.05) is 23.0 Å². The summed E-state index contributed by atoms with van der Waals surface area (Å²) in [5.74, 6) is -0.0844. The number of aromatic nitrogens is 2. The maximum absolute atomic E-state index is 13.6. The fraction of sp³-hybridized carbons (Fsp3) is 0.400. The largest absolute Gasteiger partial charge is 0.492 e. The van der Waals surface area contributed by atoms with Crippen molar-refractivity contribution >= 4 is 38.7 Å². The predicted molar refractivity (Wildman–Crippen MR) is 164 cm³/mol. The maximum atomic E-state index is 13.6. The van der Waals surface area contributed by atoms with Gasteiger partial charge in [-0.1, -0.05) is 19.9 Å². The van der Waals surface area contributed by atoms with E-state index in [0.717, 1.165) is 53.6 Å². The van der Waals surface area contributed by atoms with Gasteiger partial charge in [0.05, 0.1) is 48.4 Å². The summed E-state index contributed by atoms with van der Waals surface area (Å²) in [6, 6.07) is 9.66. The highest BCUT2D eigenvalue weighted by Crippen LogP contribution is 2.51. The second-order valence-electron chi connectivity index (χ2n) is 11.7. The second-order valence-corrected chi connectivity index (χ2v) is 13.4. The molecule has 0 spiro atoms. The number of benzene rings is 2. The molecule has 42 heavy (non-hydrogen) atoms. The van der Waals surface area contributed by atoms with Crippen LogP contribution in [0.25, 0.3) is 5.70 Å². The van der Waals surface area contributed by atoms with Crippen molar-refractivity contribution in [3.8, 4) is 5.75 Å². The first-order valence-corrected chi connectivity index (χ1v) is 16.1. The zero-order valence-electron chi connectivity index (χ0n) is 24.5. The van der Waals surface area contributed by atoms with E-state index in [4.69, 9.17) is 4.74 Å². The average molecular weight is 592 g/mol. The Kier molecular flexibility index (Phi) is 6.93. The van der Waals surface area contributed by atoms with Crippen LogP contribution in [0.1, 0.15) is 78.3 Å². The van der Waals surface area contributed by atoms with Crippen LogP contribution < -0.4 is 30.7 Å². The van der Waals surface area contributed by atoms with Crippen molar-refractivity contribution in [3.63, 3.8) is 0 Å². The Balaban J connectivity index is 1.29. The van der Waals surface area contributed by atoms with Crippen LogP contribution >= 0.6 is 0 Å². The van der Waals surface area contributed by atoms with Crippen molar-refractivity contribution in [2.45, 2.75) is 64.3 Å². The van der Waals surface area contributed by atoms with Gasteiger partial charge in [0.2, 0.25) is 10.0 Å². The number of rotatable bonds is 10. The van der Waals surface area contributed by atoms with E-state index in [-0.39, 0.29) is 17.1 Å². The minimum absolute atomic E-state index is 0.0675. The maximum Gasteiger partial charge on any atom is 0.255 e. The molecule has 0 bridgehead atoms. The Morgan fingerprint density at radius 3 is 2.57 bits per heavy atom. The molecule has 4 N–H and O–H groups in total. The molecular weight excluding hydrogens is 554 g/mol. The van der Waals surface area contributed by atoms with Crippen LogP contribution in [0.2, 0.25) is 0 Å². The molecule has 2 heterocycles. The van der Waals surface area contributed by atoms with Gasteiger partial charge in [-0.3, -0.25) is 19.2 Å². The molecule has 1 aromatic heterocycles. The third-order valence-electron chi connectivity index (χ3n) is 8.25. The SMILES string of the molecule is CCc1c(C2=CN(c3cc(C(=O)Nc4cc(C5(C)CC5)cc(NS(C)(=O)=O)c4OC)ccc3C)NN2)cnn1C1CC1. The molecule has 0 unspecified atom stereocenters. The lowest BCUT2D eigenvalue weighted by Crippen LogP contribution is -2.36. The van der Waals surface area contributed by atoms with Crippen LogP contribution in [0.3, 0.4) is 0 Å². The topological polar surface area (TPSA) is 130 Å². The highest BCUT2D eigenvalue weighted by molar-refractivity contribution is 7.92. The number of sulfonamides is 1. The molecule has 0 atom stereocenters. The van der Waals surface area contributed by atoms with E-state index in [1.54, 1.807) is 12.1 Å². The molecule has 1 amide bonds. The Bertz CT molecular complexity index is 1700. The number of nitrogens with zero attached hydrogens (tertiary/aromatic N) is 3. The van der Waals surface area contributed by atoms with Crippen LogP contribution in [0, 0.1) is 6.92 Å². The third-order valence-corrected chi connectivity index (χ3v) is 8.84. The molecule has 3 aliphatic rings. The van der Waals surface area contributed by atoms with Crippen LogP contribution in [-0.2, 0) is 21.9 Å². The van der Waals surface area contributed by atoms with Gasteiger partial charge in [-0.25, -0.2) is 8.42 Å². The number of methoxy groups -OCH3 is 1. The van der Waals surface area contributed by atoms with Crippen LogP contribution in [0.15, 0.2) is 42.7 Å². The lowest BCUT2D eigenvalue weighted by Gasteiger charge is -2.20. The highest BCUT2D eigenvalue weighted by atomic mass is 32.2. The van der Waals surface area contributed by atoms with E-state index in [2.05, 4.69) is 44.6 Å². The number of carbonyl (C=O) groups is 1. The molecule has 0 saturated heterocycles. The second kappa shape index (κ2) is 10.4. The number of amides is 1. The number of hydrazine groups is 2. The first kappa shape index (κ1) is 28.1. The Morgan fingerprint density at radius 2 is 1.93 bits per heavy atom. The number of anilines is 3. The normalized spacial score (nSPS) is 17.5. The summed E-state index contributed by atoms with van der Waals surface area (Å²) in [7, 11) is -2.12. The molecule has 222 valence electrons. The quantitative estimate of drug-likeness (QED) is 0.269. The molecule has 2 saturated carbocycles. The van der Waals surface area contributed by atoms with E-state index in [9.17, 15) is 13.2 Å². The Labute approximate surface area is 246 Å². The lowest BCUT2D eigenvalue weighted by atomic mass is 9.96. The monoisotopic (exact) mass is 591 g/mol. The zero-order valence-corrected chi connectivity index (χ0v) is 25.4. The molecule has 2 aromatic carbocycles. The van der Waals surface area contributed by atoms with Gasteiger partial charge in [0.15, 0.2) is 5.75 Å². The number of ether oxygens (including phenoxy) is 1. The summed E-state index contributed by atoms with van der Waals surface area (Å²) in [4.78, 5) is 13.6. The van der Waals surface area contributed by atoms with Crippen molar-refractivity contribution in [1.29, 1.82) is 0 Å². The van der Waals surface area contributed by atoms with Gasteiger partial charge in [-0.15, -0.1) is 5.53 Å². The minimum Gasteiger partial charge on any atom is -0.492 e. The van der Waals surface area contributed by atoms with Crippen LogP contribution in [0.4, 0.5) is 17.1 Å². The number of nitrogens with one attached hydrogen (secondary N) is 4. The molecule has 3 aromatic rings. The molecule has 11 nitrogen and oxygen atoms in total. The third kappa shape index (κ3) is 5.43. The van der Waals surface area contributed by atoms with Crippen molar-refractivity contribution in [2.24, 2.45) is 0 Å². The van der Waals surface area contributed by atoms with E-state index in [1.165, 1.54) is 25.6 Å². The smallest absolute Gasteiger partial charge is 0.255 e. The summed E-state index contributed by atoms with van der Waals surface area (Å²) in [5.41, 5.74) is 13.4. The fourth-order valence-electron chi connectivity index (χ4n) is 5.43. The first-order chi connectivity index (χ1) is 20.0. The Hall–Kier alpha value is -4.03. The standard InChI is InChI=1S/C30H37N7O4S/c1-6-26-22(16-31-37(26)21-9-10-21)25-17-36(35-33-25)27-13-19(8-7-18(27)2)29(38)32-23-14-20(30(3)11-12-30)15-24(28(23)41-4)34-42(5,39)40/h7-8,13-17,21,33-35H,6,9-12H2,1-5H3,(H,32,38). The highest BCUT2D eigenvalue weighted by Gasteiger charge is 2.40.